The van der Waals surface area contributed by atoms with E-state index in [0.717, 1.165) is 35.7 Å². The highest BCUT2D eigenvalue weighted by atomic mass is 32.2. The molecule has 0 spiro atoms. The molecule has 1 aromatic rings. The molecule has 1 N–H and O–H groups in total. The smallest absolute Gasteiger partial charge is 0.243 e. The van der Waals surface area contributed by atoms with Crippen LogP contribution in [0.4, 0.5) is 0 Å². The lowest BCUT2D eigenvalue weighted by atomic mass is 10.0. The largest absolute Gasteiger partial charge is 0.338 e. The summed E-state index contributed by atoms with van der Waals surface area (Å²) in [5, 5.41) is 8.48. The van der Waals surface area contributed by atoms with E-state index in [0.29, 0.717) is 0 Å². The third-order valence-corrected chi connectivity index (χ3v) is 5.71. The van der Waals surface area contributed by atoms with Crippen LogP contribution in [0.5, 0.6) is 0 Å². The van der Waals surface area contributed by atoms with E-state index in [-0.39, 0.29) is 6.04 Å². The van der Waals surface area contributed by atoms with E-state index in [1.54, 1.807) is 0 Å². The summed E-state index contributed by atoms with van der Waals surface area (Å²) in [7, 11) is 0. The zero-order valence-electron chi connectivity index (χ0n) is 12.1. The maximum atomic E-state index is 5.46. The number of nitrogens with zero attached hydrogens (tertiary/aromatic N) is 2. The molecule has 1 atom stereocenters. The predicted octanol–water partition coefficient (Wildman–Crippen LogP) is 3.84. The first kappa shape index (κ1) is 14.4. The second-order valence-corrected chi connectivity index (χ2v) is 7.26. The van der Waals surface area contributed by atoms with Crippen LogP contribution >= 0.6 is 11.8 Å². The van der Waals surface area contributed by atoms with E-state index in [4.69, 9.17) is 4.52 Å². The van der Waals surface area contributed by atoms with Crippen LogP contribution in [0.2, 0.25) is 0 Å². The molecule has 2 fully saturated rings. The highest BCUT2D eigenvalue weighted by Gasteiger charge is 2.21. The Kier molecular flexibility index (Phi) is 5.36. The van der Waals surface area contributed by atoms with E-state index >= 15 is 0 Å². The van der Waals surface area contributed by atoms with Gasteiger partial charge >= 0.3 is 0 Å². The number of aromatic nitrogens is 2. The number of nitrogens with one attached hydrogen (secondary N) is 1. The third-order valence-electron chi connectivity index (χ3n) is 4.34. The van der Waals surface area contributed by atoms with Gasteiger partial charge in [-0.05, 0) is 32.2 Å². The molecule has 4 nitrogen and oxygen atoms in total. The summed E-state index contributed by atoms with van der Waals surface area (Å²) in [6, 6.07) is 0.276. The summed E-state index contributed by atoms with van der Waals surface area (Å²) in [4.78, 5) is 4.60. The molecule has 1 unspecified atom stereocenters. The molecule has 112 valence electrons. The van der Waals surface area contributed by atoms with E-state index in [2.05, 4.69) is 15.5 Å². The van der Waals surface area contributed by atoms with Gasteiger partial charge in [-0.25, -0.2) is 0 Å². The van der Waals surface area contributed by atoms with Gasteiger partial charge in [0.15, 0.2) is 5.82 Å². The Labute approximate surface area is 125 Å². The van der Waals surface area contributed by atoms with Gasteiger partial charge in [0, 0.05) is 5.25 Å². The standard InChI is InChI=1S/C15H25N3OS/c1-3-7-12(8-4-1)20-11-14-17-15(19-18-14)13-9-5-2-6-10-16-13/h12-13,16H,1-11H2. The number of hydrogen-bond donors (Lipinski definition) is 1. The molecule has 20 heavy (non-hydrogen) atoms. The van der Waals surface area contributed by atoms with Gasteiger partial charge in [0.1, 0.15) is 0 Å². The number of rotatable bonds is 4. The Hall–Kier alpha value is -0.550. The topological polar surface area (TPSA) is 51.0 Å². The van der Waals surface area contributed by atoms with E-state index in [1.807, 2.05) is 11.8 Å². The zero-order valence-corrected chi connectivity index (χ0v) is 13.0. The third kappa shape index (κ3) is 3.98. The average molecular weight is 295 g/mol. The van der Waals surface area contributed by atoms with Gasteiger partial charge in [0.25, 0.3) is 0 Å². The first-order valence-corrected chi connectivity index (χ1v) is 9.14. The minimum absolute atomic E-state index is 0.276. The monoisotopic (exact) mass is 295 g/mol. The van der Waals surface area contributed by atoms with E-state index < -0.39 is 0 Å². The molecular weight excluding hydrogens is 270 g/mol. The Morgan fingerprint density at radius 3 is 2.75 bits per heavy atom. The minimum atomic E-state index is 0.276. The second kappa shape index (κ2) is 7.46. The van der Waals surface area contributed by atoms with Gasteiger partial charge in [-0.1, -0.05) is 37.3 Å². The average Bonchev–Trinajstić information content (AvgIpc) is 2.80. The van der Waals surface area contributed by atoms with Crippen molar-refractivity contribution in [3.8, 4) is 0 Å². The molecule has 2 heterocycles. The van der Waals surface area contributed by atoms with Crippen LogP contribution < -0.4 is 5.32 Å². The summed E-state index contributed by atoms with van der Waals surface area (Å²) in [5.41, 5.74) is 0. The minimum Gasteiger partial charge on any atom is -0.338 e. The van der Waals surface area contributed by atoms with Crippen LogP contribution in [0.1, 0.15) is 75.5 Å². The van der Waals surface area contributed by atoms with Crippen molar-refractivity contribution in [1.82, 2.24) is 15.5 Å². The number of hydrogen-bond acceptors (Lipinski definition) is 5. The van der Waals surface area contributed by atoms with Crippen molar-refractivity contribution in [2.45, 2.75) is 74.8 Å². The molecule has 1 aliphatic carbocycles. The van der Waals surface area contributed by atoms with Crippen molar-refractivity contribution in [3.63, 3.8) is 0 Å². The van der Waals surface area contributed by atoms with Crippen LogP contribution in [-0.4, -0.2) is 21.9 Å². The SMILES string of the molecule is C1CCC(SCc2noc(C3CCCCCN3)n2)CC1. The molecule has 1 saturated carbocycles. The van der Waals surface area contributed by atoms with Gasteiger partial charge in [-0.2, -0.15) is 16.7 Å². The van der Waals surface area contributed by atoms with E-state index in [1.165, 1.54) is 51.4 Å². The summed E-state index contributed by atoms with van der Waals surface area (Å²) in [6.45, 7) is 1.07. The lowest BCUT2D eigenvalue weighted by Crippen LogP contribution is -2.20. The van der Waals surface area contributed by atoms with Gasteiger partial charge in [0.2, 0.25) is 5.89 Å². The molecule has 3 rings (SSSR count). The van der Waals surface area contributed by atoms with Gasteiger partial charge in [-0.15, -0.1) is 0 Å². The van der Waals surface area contributed by atoms with E-state index in [9.17, 15) is 0 Å². The Morgan fingerprint density at radius 2 is 1.85 bits per heavy atom. The maximum absolute atomic E-state index is 5.46. The van der Waals surface area contributed by atoms with Crippen molar-refractivity contribution in [3.05, 3.63) is 11.7 Å². The number of thioether (sulfide) groups is 1. The maximum Gasteiger partial charge on any atom is 0.243 e. The summed E-state index contributed by atoms with van der Waals surface area (Å²) < 4.78 is 5.46. The normalized spacial score (nSPS) is 25.5. The molecule has 1 aliphatic heterocycles. The lowest BCUT2D eigenvalue weighted by molar-refractivity contribution is 0.325. The van der Waals surface area contributed by atoms with Crippen molar-refractivity contribution in [2.75, 3.05) is 6.54 Å². The molecule has 0 bridgehead atoms. The molecule has 1 aromatic heterocycles. The van der Waals surface area contributed by atoms with Crippen molar-refractivity contribution >= 4 is 11.8 Å². The molecule has 1 saturated heterocycles. The van der Waals surface area contributed by atoms with Crippen LogP contribution in [0.25, 0.3) is 0 Å². The predicted molar refractivity (Wildman–Crippen MR) is 81.7 cm³/mol. The molecular formula is C15H25N3OS. The Morgan fingerprint density at radius 1 is 1.05 bits per heavy atom. The van der Waals surface area contributed by atoms with Crippen LogP contribution in [0.3, 0.4) is 0 Å². The fraction of sp³-hybridized carbons (Fsp3) is 0.867. The van der Waals surface area contributed by atoms with Crippen LogP contribution in [0.15, 0.2) is 4.52 Å². The lowest BCUT2D eigenvalue weighted by Gasteiger charge is -2.20. The molecule has 2 aliphatic rings. The van der Waals surface area contributed by atoms with Crippen molar-refractivity contribution in [1.29, 1.82) is 0 Å². The zero-order chi connectivity index (χ0) is 13.6. The van der Waals surface area contributed by atoms with Gasteiger partial charge < -0.3 is 9.84 Å². The van der Waals surface area contributed by atoms with Crippen molar-refractivity contribution in [2.24, 2.45) is 0 Å². The Balaban J connectivity index is 1.50. The fourth-order valence-electron chi connectivity index (χ4n) is 3.13. The molecule has 0 aromatic carbocycles. The first-order valence-electron chi connectivity index (χ1n) is 8.09. The van der Waals surface area contributed by atoms with Crippen molar-refractivity contribution < 1.29 is 4.52 Å². The molecule has 0 radical (unpaired) electrons. The van der Waals surface area contributed by atoms with Crippen LogP contribution in [0, 0.1) is 0 Å². The van der Waals surface area contributed by atoms with Gasteiger partial charge in [0.05, 0.1) is 11.8 Å². The fourth-order valence-corrected chi connectivity index (χ4v) is 4.30. The summed E-state index contributed by atoms with van der Waals surface area (Å²) in [5.74, 6) is 2.58. The highest BCUT2D eigenvalue weighted by molar-refractivity contribution is 7.99. The molecule has 0 amide bonds. The molecule has 5 heteroatoms. The second-order valence-electron chi connectivity index (χ2n) is 5.98. The summed E-state index contributed by atoms with van der Waals surface area (Å²) in [6.07, 6.45) is 11.9. The van der Waals surface area contributed by atoms with Crippen LogP contribution in [-0.2, 0) is 5.75 Å². The van der Waals surface area contributed by atoms with Gasteiger partial charge in [-0.3, -0.25) is 0 Å². The highest BCUT2D eigenvalue weighted by Crippen LogP contribution is 2.30. The quantitative estimate of drug-likeness (QED) is 0.914. The Bertz CT molecular complexity index is 396. The summed E-state index contributed by atoms with van der Waals surface area (Å²) >= 11 is 2.01. The first-order chi connectivity index (χ1) is 9.92.